The average Bonchev–Trinajstić information content (AvgIpc) is 3.08. The highest BCUT2D eigenvalue weighted by atomic mass is 19.4. The van der Waals surface area contributed by atoms with Crippen molar-refractivity contribution in [2.45, 2.75) is 46.0 Å². The number of hydrogen-bond donors (Lipinski definition) is 0. The van der Waals surface area contributed by atoms with E-state index in [1.807, 2.05) is 39.3 Å². The van der Waals surface area contributed by atoms with Gasteiger partial charge >= 0.3 is 12.4 Å². The van der Waals surface area contributed by atoms with Gasteiger partial charge in [-0.15, -0.1) is 0 Å². The van der Waals surface area contributed by atoms with Crippen molar-refractivity contribution in [3.63, 3.8) is 0 Å². The normalized spacial score (nSPS) is 15.3. The van der Waals surface area contributed by atoms with E-state index in [0.29, 0.717) is 23.1 Å². The monoisotopic (exact) mass is 411 g/mol. The smallest absolute Gasteiger partial charge is 0.166 e. The van der Waals surface area contributed by atoms with Crippen LogP contribution in [0.5, 0.6) is 0 Å². The zero-order valence-electron chi connectivity index (χ0n) is 16.3. The van der Waals surface area contributed by atoms with Gasteiger partial charge in [0.1, 0.15) is 0 Å². The number of rotatable bonds is 4. The van der Waals surface area contributed by atoms with Crippen molar-refractivity contribution >= 4 is 6.08 Å². The molecule has 1 unspecified atom stereocenters. The Morgan fingerprint density at radius 3 is 1.93 bits per heavy atom. The zero-order valence-corrected chi connectivity index (χ0v) is 16.3. The Bertz CT molecular complexity index is 915. The number of benzene rings is 2. The molecule has 1 radical (unpaired) electrons. The summed E-state index contributed by atoms with van der Waals surface area (Å²) in [6.45, 7) is 5.91. The second-order valence-electron chi connectivity index (χ2n) is 7.35. The van der Waals surface area contributed by atoms with Crippen LogP contribution >= 0.6 is 0 Å². The molecular weight excluding hydrogens is 390 g/mol. The summed E-state index contributed by atoms with van der Waals surface area (Å²) in [4.78, 5) is 0. The maximum absolute atomic E-state index is 13.3. The molecule has 1 aliphatic rings. The van der Waals surface area contributed by atoms with Crippen LogP contribution in [-0.4, -0.2) is 0 Å². The van der Waals surface area contributed by atoms with Crippen molar-refractivity contribution in [3.8, 4) is 11.1 Å². The van der Waals surface area contributed by atoms with Gasteiger partial charge in [0.15, 0.2) is 0 Å². The molecule has 2 aromatic rings. The molecule has 0 heterocycles. The maximum atomic E-state index is 13.3. The quantitative estimate of drug-likeness (QED) is 0.448. The molecule has 1 atom stereocenters. The minimum Gasteiger partial charge on any atom is -0.166 e. The lowest BCUT2D eigenvalue weighted by Gasteiger charge is -2.18. The molecule has 0 fully saturated rings. The Kier molecular flexibility index (Phi) is 5.58. The molecule has 0 saturated heterocycles. The molecule has 0 saturated carbocycles. The van der Waals surface area contributed by atoms with Crippen molar-refractivity contribution in [1.29, 1.82) is 0 Å². The topological polar surface area (TPSA) is 0 Å². The molecule has 0 spiro atoms. The van der Waals surface area contributed by atoms with E-state index in [-0.39, 0.29) is 17.5 Å². The van der Waals surface area contributed by atoms with E-state index in [1.165, 1.54) is 0 Å². The molecule has 0 aromatic heterocycles. The predicted octanol–water partition coefficient (Wildman–Crippen LogP) is 7.95. The SMILES string of the molecule is CCc1ccc2c(c1-c1cc(C(F)(F)F)cc(C(F)(F)F)c1)C=C(C(C)CC)[CH]2. The summed E-state index contributed by atoms with van der Waals surface area (Å²) in [5.74, 6) is 0.243. The summed E-state index contributed by atoms with van der Waals surface area (Å²) in [5.41, 5.74) is 1.04. The Balaban J connectivity index is 2.29. The number of hydrogen-bond acceptors (Lipinski definition) is 0. The Hall–Kier alpha value is -2.24. The number of fused-ring (bicyclic) bond motifs is 1. The molecule has 29 heavy (non-hydrogen) atoms. The van der Waals surface area contributed by atoms with Crippen LogP contribution in [0, 0.1) is 12.3 Å². The summed E-state index contributed by atoms with van der Waals surface area (Å²) in [7, 11) is 0. The summed E-state index contributed by atoms with van der Waals surface area (Å²) in [5, 5.41) is 0. The van der Waals surface area contributed by atoms with Crippen molar-refractivity contribution in [3.05, 3.63) is 70.1 Å². The van der Waals surface area contributed by atoms with Crippen LogP contribution in [0.3, 0.4) is 0 Å². The third-order valence-electron chi connectivity index (χ3n) is 5.44. The number of alkyl halides is 6. The summed E-state index contributed by atoms with van der Waals surface area (Å²) in [6.07, 6.45) is -4.51. The lowest BCUT2D eigenvalue weighted by molar-refractivity contribution is -0.143. The van der Waals surface area contributed by atoms with Crippen molar-refractivity contribution < 1.29 is 26.3 Å². The van der Waals surface area contributed by atoms with E-state index in [0.717, 1.165) is 29.7 Å². The fourth-order valence-electron chi connectivity index (χ4n) is 3.61. The number of halogens is 6. The highest BCUT2D eigenvalue weighted by Gasteiger charge is 2.37. The van der Waals surface area contributed by atoms with Crippen molar-refractivity contribution in [2.24, 2.45) is 5.92 Å². The third kappa shape index (κ3) is 4.21. The van der Waals surface area contributed by atoms with Crippen LogP contribution in [0.1, 0.15) is 55.0 Å². The van der Waals surface area contributed by atoms with Crippen LogP contribution < -0.4 is 0 Å². The van der Waals surface area contributed by atoms with Crippen LogP contribution in [0.4, 0.5) is 26.3 Å². The van der Waals surface area contributed by atoms with Gasteiger partial charge in [-0.1, -0.05) is 44.6 Å². The Labute approximate surface area is 166 Å². The molecule has 0 amide bonds. The number of allylic oxidation sites excluding steroid dienone is 1. The van der Waals surface area contributed by atoms with Crippen LogP contribution in [0.25, 0.3) is 17.2 Å². The molecule has 3 rings (SSSR count). The van der Waals surface area contributed by atoms with E-state index in [4.69, 9.17) is 0 Å². The maximum Gasteiger partial charge on any atom is 0.416 e. The first-order valence-corrected chi connectivity index (χ1v) is 9.47. The second kappa shape index (κ2) is 7.54. The van der Waals surface area contributed by atoms with Gasteiger partial charge < -0.3 is 0 Å². The summed E-state index contributed by atoms with van der Waals surface area (Å²) in [6, 6.07) is 5.47. The van der Waals surface area contributed by atoms with Gasteiger partial charge in [-0.2, -0.15) is 26.3 Å². The lowest BCUT2D eigenvalue weighted by Crippen LogP contribution is -2.11. The second-order valence-corrected chi connectivity index (χ2v) is 7.35. The molecule has 0 N–H and O–H groups in total. The lowest BCUT2D eigenvalue weighted by atomic mass is 9.89. The van der Waals surface area contributed by atoms with E-state index < -0.39 is 23.5 Å². The molecule has 2 aromatic carbocycles. The highest BCUT2D eigenvalue weighted by Crippen LogP contribution is 2.44. The first-order chi connectivity index (χ1) is 13.5. The Morgan fingerprint density at radius 1 is 0.862 bits per heavy atom. The van der Waals surface area contributed by atoms with Gasteiger partial charge in [0.2, 0.25) is 0 Å². The Morgan fingerprint density at radius 2 is 1.45 bits per heavy atom. The van der Waals surface area contributed by atoms with Crippen LogP contribution in [-0.2, 0) is 18.8 Å². The largest absolute Gasteiger partial charge is 0.416 e. The van der Waals surface area contributed by atoms with Gasteiger partial charge in [-0.3, -0.25) is 0 Å². The first kappa shape index (κ1) is 21.5. The van der Waals surface area contributed by atoms with Gasteiger partial charge in [-0.05, 0) is 64.8 Å². The standard InChI is InChI=1S/C23H21F6/c1-4-13(3)16-8-15-7-6-14(5-2)21(20(15)11-16)17-9-18(22(24,25)26)12-19(10-17)23(27,28)29/h6-13H,4-5H2,1-3H3. The van der Waals surface area contributed by atoms with Gasteiger partial charge in [0.05, 0.1) is 11.1 Å². The average molecular weight is 411 g/mol. The first-order valence-electron chi connectivity index (χ1n) is 9.47. The number of aryl methyl sites for hydroxylation is 1. The molecular formula is C23H21F6. The van der Waals surface area contributed by atoms with Crippen LogP contribution in [0.2, 0.25) is 0 Å². The van der Waals surface area contributed by atoms with E-state index in [2.05, 4.69) is 0 Å². The van der Waals surface area contributed by atoms with Gasteiger partial charge in [0.25, 0.3) is 0 Å². The fraction of sp³-hybridized carbons (Fsp3) is 0.348. The molecule has 1 aliphatic carbocycles. The van der Waals surface area contributed by atoms with E-state index >= 15 is 0 Å². The van der Waals surface area contributed by atoms with E-state index in [1.54, 1.807) is 6.07 Å². The van der Waals surface area contributed by atoms with Crippen molar-refractivity contribution in [2.75, 3.05) is 0 Å². The minimum atomic E-state index is -4.87. The summed E-state index contributed by atoms with van der Waals surface area (Å²) < 4.78 is 80.0. The predicted molar refractivity (Wildman–Crippen MR) is 102 cm³/mol. The molecule has 0 aliphatic heterocycles. The van der Waals surface area contributed by atoms with Crippen LogP contribution in [0.15, 0.2) is 35.9 Å². The summed E-state index contributed by atoms with van der Waals surface area (Å²) >= 11 is 0. The minimum absolute atomic E-state index is 0.0594. The van der Waals surface area contributed by atoms with E-state index in [9.17, 15) is 26.3 Å². The molecule has 0 nitrogen and oxygen atoms in total. The highest BCUT2D eigenvalue weighted by molar-refractivity contribution is 5.86. The van der Waals surface area contributed by atoms with Crippen molar-refractivity contribution in [1.82, 2.24) is 0 Å². The molecule has 155 valence electrons. The zero-order chi connectivity index (χ0) is 21.6. The third-order valence-corrected chi connectivity index (χ3v) is 5.44. The molecule has 0 bridgehead atoms. The fourth-order valence-corrected chi connectivity index (χ4v) is 3.61. The molecule has 6 heteroatoms. The van der Waals surface area contributed by atoms with Gasteiger partial charge in [-0.25, -0.2) is 0 Å². The van der Waals surface area contributed by atoms with Gasteiger partial charge in [0, 0.05) is 6.42 Å².